The van der Waals surface area contributed by atoms with E-state index in [1.54, 1.807) is 4.90 Å². The van der Waals surface area contributed by atoms with Gasteiger partial charge in [-0.25, -0.2) is 4.98 Å². The van der Waals surface area contributed by atoms with Gasteiger partial charge in [0.05, 0.1) is 12.7 Å². The average Bonchev–Trinajstić information content (AvgIpc) is 3.47. The van der Waals surface area contributed by atoms with E-state index in [1.807, 2.05) is 72.8 Å². The first kappa shape index (κ1) is 23.4. The SMILES string of the molecule is NCc1ccc(CN(C[C@@H]2COc3ccc(OCc4ccccc4)cc3O2)C(=O)c2ncco2)cc1. The molecule has 1 amide bonds. The molecule has 1 aliphatic heterocycles. The molecule has 1 aliphatic rings. The van der Waals surface area contributed by atoms with Crippen LogP contribution in [-0.4, -0.2) is 35.0 Å². The fourth-order valence-corrected chi connectivity index (χ4v) is 3.95. The summed E-state index contributed by atoms with van der Waals surface area (Å²) in [7, 11) is 0. The number of benzene rings is 3. The molecule has 0 radical (unpaired) electrons. The van der Waals surface area contributed by atoms with Crippen LogP contribution in [-0.2, 0) is 19.7 Å². The standard InChI is InChI=1S/C28H27N3O5/c29-15-20-6-8-21(9-7-20)16-31(28(32)27-30-12-13-33-27)17-24-19-35-25-11-10-23(14-26(25)36-24)34-18-22-4-2-1-3-5-22/h1-14,24H,15-19,29H2/t24-/m1/s1. The number of aromatic nitrogens is 1. The molecule has 0 aliphatic carbocycles. The zero-order valence-corrected chi connectivity index (χ0v) is 19.7. The second-order valence-corrected chi connectivity index (χ2v) is 8.48. The van der Waals surface area contributed by atoms with Crippen LogP contribution in [0, 0.1) is 0 Å². The largest absolute Gasteiger partial charge is 0.489 e. The van der Waals surface area contributed by atoms with Gasteiger partial charge in [0.25, 0.3) is 5.89 Å². The Balaban J connectivity index is 1.28. The molecule has 184 valence electrons. The normalized spacial score (nSPS) is 14.3. The van der Waals surface area contributed by atoms with Crippen LogP contribution in [0.15, 0.2) is 89.7 Å². The first-order valence-corrected chi connectivity index (χ1v) is 11.7. The number of amides is 1. The van der Waals surface area contributed by atoms with Crippen molar-refractivity contribution >= 4 is 5.91 Å². The minimum absolute atomic E-state index is 0.0299. The van der Waals surface area contributed by atoms with Gasteiger partial charge in [0.2, 0.25) is 0 Å². The molecule has 0 saturated carbocycles. The maximum absolute atomic E-state index is 13.2. The van der Waals surface area contributed by atoms with Crippen molar-refractivity contribution < 1.29 is 23.4 Å². The van der Waals surface area contributed by atoms with E-state index in [4.69, 9.17) is 24.4 Å². The molecule has 4 aromatic rings. The smallest absolute Gasteiger partial charge is 0.310 e. The number of nitrogens with two attached hydrogens (primary N) is 1. The number of oxazole rings is 1. The molecule has 0 spiro atoms. The minimum Gasteiger partial charge on any atom is -0.489 e. The second kappa shape index (κ2) is 11.0. The highest BCUT2D eigenvalue weighted by Gasteiger charge is 2.28. The highest BCUT2D eigenvalue weighted by molar-refractivity contribution is 5.89. The number of fused-ring (bicyclic) bond motifs is 1. The molecular formula is C28H27N3O5. The minimum atomic E-state index is -0.385. The van der Waals surface area contributed by atoms with Crippen LogP contribution in [0.1, 0.15) is 27.4 Å². The van der Waals surface area contributed by atoms with E-state index in [0.29, 0.717) is 43.6 Å². The summed E-state index contributed by atoms with van der Waals surface area (Å²) < 4.78 is 23.4. The first-order chi connectivity index (χ1) is 17.7. The van der Waals surface area contributed by atoms with Gasteiger partial charge in [0.1, 0.15) is 25.2 Å². The van der Waals surface area contributed by atoms with E-state index in [0.717, 1.165) is 16.7 Å². The fourth-order valence-electron chi connectivity index (χ4n) is 3.95. The van der Waals surface area contributed by atoms with Crippen molar-refractivity contribution in [2.24, 2.45) is 5.73 Å². The lowest BCUT2D eigenvalue weighted by atomic mass is 10.1. The lowest BCUT2D eigenvalue weighted by Gasteiger charge is -2.31. The molecular weight excluding hydrogens is 458 g/mol. The topological polar surface area (TPSA) is 100 Å². The molecule has 36 heavy (non-hydrogen) atoms. The summed E-state index contributed by atoms with van der Waals surface area (Å²) in [5.74, 6) is 1.60. The highest BCUT2D eigenvalue weighted by Crippen LogP contribution is 2.35. The van der Waals surface area contributed by atoms with E-state index >= 15 is 0 Å². The summed E-state index contributed by atoms with van der Waals surface area (Å²) in [6, 6.07) is 23.3. The van der Waals surface area contributed by atoms with Gasteiger partial charge in [0, 0.05) is 19.2 Å². The Morgan fingerprint density at radius 2 is 1.81 bits per heavy atom. The van der Waals surface area contributed by atoms with Crippen molar-refractivity contribution in [2.75, 3.05) is 13.2 Å². The Kier molecular flexibility index (Phi) is 7.14. The monoisotopic (exact) mass is 485 g/mol. The summed E-state index contributed by atoms with van der Waals surface area (Å²) in [6.45, 7) is 1.86. The van der Waals surface area contributed by atoms with E-state index < -0.39 is 0 Å². The van der Waals surface area contributed by atoms with Gasteiger partial charge in [-0.3, -0.25) is 4.79 Å². The molecule has 5 rings (SSSR count). The molecule has 1 atom stereocenters. The molecule has 0 unspecified atom stereocenters. The van der Waals surface area contributed by atoms with Crippen molar-refractivity contribution in [3.8, 4) is 17.2 Å². The summed E-state index contributed by atoms with van der Waals surface area (Å²) in [5, 5.41) is 0. The predicted octanol–water partition coefficient (Wildman–Crippen LogP) is 4.19. The van der Waals surface area contributed by atoms with Crippen LogP contribution in [0.2, 0.25) is 0 Å². The second-order valence-electron chi connectivity index (χ2n) is 8.48. The average molecular weight is 486 g/mol. The van der Waals surface area contributed by atoms with E-state index in [-0.39, 0.29) is 24.4 Å². The lowest BCUT2D eigenvalue weighted by molar-refractivity contribution is 0.0417. The third-order valence-electron chi connectivity index (χ3n) is 5.84. The van der Waals surface area contributed by atoms with Crippen LogP contribution in [0.4, 0.5) is 0 Å². The predicted molar refractivity (Wildman–Crippen MR) is 133 cm³/mol. The Labute approximate surface area is 209 Å². The van der Waals surface area contributed by atoms with E-state index in [2.05, 4.69) is 4.98 Å². The van der Waals surface area contributed by atoms with Crippen molar-refractivity contribution in [1.29, 1.82) is 0 Å². The van der Waals surface area contributed by atoms with Crippen LogP contribution in [0.25, 0.3) is 0 Å². The number of nitrogens with zero attached hydrogens (tertiary/aromatic N) is 2. The van der Waals surface area contributed by atoms with Gasteiger partial charge in [-0.2, -0.15) is 0 Å². The third-order valence-corrected chi connectivity index (χ3v) is 5.84. The Bertz CT molecular complexity index is 1280. The number of carbonyl (C=O) groups is 1. The molecule has 0 bridgehead atoms. The molecule has 1 aromatic heterocycles. The Morgan fingerprint density at radius 1 is 1.00 bits per heavy atom. The number of hydrogen-bond acceptors (Lipinski definition) is 7. The van der Waals surface area contributed by atoms with Crippen molar-refractivity contribution in [1.82, 2.24) is 9.88 Å². The molecule has 2 N–H and O–H groups in total. The van der Waals surface area contributed by atoms with Crippen molar-refractivity contribution in [3.63, 3.8) is 0 Å². The van der Waals surface area contributed by atoms with E-state index in [9.17, 15) is 4.79 Å². The molecule has 8 heteroatoms. The molecule has 3 aromatic carbocycles. The summed E-state index contributed by atoms with van der Waals surface area (Å²) in [4.78, 5) is 18.8. The van der Waals surface area contributed by atoms with E-state index in [1.165, 1.54) is 12.5 Å². The fraction of sp³-hybridized carbons (Fsp3) is 0.214. The zero-order chi connectivity index (χ0) is 24.7. The van der Waals surface area contributed by atoms with Crippen LogP contribution < -0.4 is 19.9 Å². The molecule has 8 nitrogen and oxygen atoms in total. The van der Waals surface area contributed by atoms with Crippen LogP contribution >= 0.6 is 0 Å². The Morgan fingerprint density at radius 3 is 2.56 bits per heavy atom. The summed E-state index contributed by atoms with van der Waals surface area (Å²) in [5.41, 5.74) is 8.77. The highest BCUT2D eigenvalue weighted by atomic mass is 16.6. The molecule has 0 fully saturated rings. The number of rotatable bonds is 9. The maximum Gasteiger partial charge on any atom is 0.310 e. The number of hydrogen-bond donors (Lipinski definition) is 1. The first-order valence-electron chi connectivity index (χ1n) is 11.7. The molecule has 0 saturated heterocycles. The Hall–Kier alpha value is -4.30. The van der Waals surface area contributed by atoms with Crippen LogP contribution in [0.3, 0.4) is 0 Å². The summed E-state index contributed by atoms with van der Waals surface area (Å²) >= 11 is 0. The quantitative estimate of drug-likeness (QED) is 0.379. The van der Waals surface area contributed by atoms with Gasteiger partial charge >= 0.3 is 5.91 Å². The maximum atomic E-state index is 13.2. The number of ether oxygens (including phenoxy) is 3. The van der Waals surface area contributed by atoms with Gasteiger partial charge in [-0.05, 0) is 28.8 Å². The van der Waals surface area contributed by atoms with Crippen molar-refractivity contribution in [3.05, 3.63) is 108 Å². The summed E-state index contributed by atoms with van der Waals surface area (Å²) in [6.07, 6.45) is 2.45. The van der Waals surface area contributed by atoms with Gasteiger partial charge < -0.3 is 29.3 Å². The number of carbonyl (C=O) groups excluding carboxylic acids is 1. The van der Waals surface area contributed by atoms with Gasteiger partial charge in [-0.1, -0.05) is 54.6 Å². The zero-order valence-electron chi connectivity index (χ0n) is 19.7. The third kappa shape index (κ3) is 5.67. The van der Waals surface area contributed by atoms with Crippen molar-refractivity contribution in [2.45, 2.75) is 25.8 Å². The van der Waals surface area contributed by atoms with Crippen LogP contribution in [0.5, 0.6) is 17.2 Å². The van der Waals surface area contributed by atoms with Gasteiger partial charge in [-0.15, -0.1) is 0 Å². The molecule has 2 heterocycles. The lowest BCUT2D eigenvalue weighted by Crippen LogP contribution is -2.43. The van der Waals surface area contributed by atoms with Gasteiger partial charge in [0.15, 0.2) is 17.6 Å².